The zero-order chi connectivity index (χ0) is 8.81. The number of hydrogen-bond acceptors (Lipinski definition) is 2. The zero-order valence-electron chi connectivity index (χ0n) is 6.69. The molecule has 12 heavy (non-hydrogen) atoms. The van der Waals surface area contributed by atoms with Crippen LogP contribution in [0, 0.1) is 0 Å². The van der Waals surface area contributed by atoms with Crippen LogP contribution in [-0.2, 0) is 16.1 Å². The molecule has 0 atom stereocenters. The largest absolute Gasteiger partial charge is 0.463 e. The summed E-state index contributed by atoms with van der Waals surface area (Å²) < 4.78 is 4.59. The maximum atomic E-state index is 9.86. The molecule has 0 radical (unpaired) electrons. The Kier molecular flexibility index (Phi) is 3.08. The maximum absolute atomic E-state index is 9.86. The summed E-state index contributed by atoms with van der Waals surface area (Å²) in [5.41, 5.74) is 2.04. The topological polar surface area (TPSA) is 26.3 Å². The molecule has 0 heterocycles. The van der Waals surface area contributed by atoms with Crippen molar-refractivity contribution in [3.63, 3.8) is 0 Å². The van der Waals surface area contributed by atoms with E-state index >= 15 is 0 Å². The molecule has 0 unspecified atom stereocenters. The zero-order valence-corrected chi connectivity index (χ0v) is 6.69. The molecule has 0 aromatic heterocycles. The van der Waals surface area contributed by atoms with Crippen LogP contribution in [0.3, 0.4) is 0 Å². The average molecular weight is 162 g/mol. The van der Waals surface area contributed by atoms with Gasteiger partial charge in [0.1, 0.15) is 6.61 Å². The summed E-state index contributed by atoms with van der Waals surface area (Å²) in [5, 5.41) is 0. The van der Waals surface area contributed by atoms with E-state index in [0.29, 0.717) is 13.1 Å². The number of hydrogen-bond donors (Lipinski definition) is 0. The third-order valence-corrected chi connectivity index (χ3v) is 1.53. The van der Waals surface area contributed by atoms with Crippen molar-refractivity contribution in [2.45, 2.75) is 6.61 Å². The Morgan fingerprint density at radius 1 is 1.33 bits per heavy atom. The van der Waals surface area contributed by atoms with Gasteiger partial charge in [-0.25, -0.2) is 0 Å². The highest BCUT2D eigenvalue weighted by Crippen LogP contribution is 2.05. The normalized spacial score (nSPS) is 9.00. The van der Waals surface area contributed by atoms with Crippen LogP contribution in [0.4, 0.5) is 0 Å². The van der Waals surface area contributed by atoms with Crippen molar-refractivity contribution in [2.75, 3.05) is 0 Å². The average Bonchev–Trinajstić information content (AvgIpc) is 2.15. The molecule has 0 fully saturated rings. The second-order valence-electron chi connectivity index (χ2n) is 2.35. The second kappa shape index (κ2) is 4.34. The van der Waals surface area contributed by atoms with Gasteiger partial charge in [0.25, 0.3) is 6.47 Å². The molecule has 0 aliphatic carbocycles. The van der Waals surface area contributed by atoms with Crippen molar-refractivity contribution in [3.8, 4) is 0 Å². The van der Waals surface area contributed by atoms with Crippen LogP contribution in [0.5, 0.6) is 0 Å². The molecule has 1 aromatic rings. The van der Waals surface area contributed by atoms with Crippen LogP contribution in [0.2, 0.25) is 0 Å². The van der Waals surface area contributed by atoms with Crippen LogP contribution in [0.1, 0.15) is 11.1 Å². The Morgan fingerprint density at radius 2 is 2.00 bits per heavy atom. The van der Waals surface area contributed by atoms with Crippen molar-refractivity contribution in [2.24, 2.45) is 0 Å². The van der Waals surface area contributed by atoms with Gasteiger partial charge in [-0.1, -0.05) is 36.9 Å². The molecule has 2 nitrogen and oxygen atoms in total. The Bertz CT molecular complexity index is 262. The molecule has 0 bridgehead atoms. The molecule has 1 aromatic carbocycles. The van der Waals surface area contributed by atoms with E-state index in [0.717, 1.165) is 11.1 Å². The fraction of sp³-hybridized carbons (Fsp3) is 0.100. The quantitative estimate of drug-likeness (QED) is 0.633. The van der Waals surface area contributed by atoms with Crippen molar-refractivity contribution in [1.82, 2.24) is 0 Å². The lowest BCUT2D eigenvalue weighted by molar-refractivity contribution is -0.129. The number of carbonyl (C=O) groups is 1. The summed E-state index contributed by atoms with van der Waals surface area (Å²) in [6, 6.07) is 7.66. The highest BCUT2D eigenvalue weighted by Gasteiger charge is 1.91. The summed E-state index contributed by atoms with van der Waals surface area (Å²) in [7, 11) is 0. The summed E-state index contributed by atoms with van der Waals surface area (Å²) >= 11 is 0. The first-order valence-corrected chi connectivity index (χ1v) is 3.63. The highest BCUT2D eigenvalue weighted by atomic mass is 16.5. The van der Waals surface area contributed by atoms with Gasteiger partial charge < -0.3 is 4.74 Å². The van der Waals surface area contributed by atoms with Gasteiger partial charge in [0, 0.05) is 0 Å². The molecule has 0 saturated heterocycles. The minimum absolute atomic E-state index is 0.334. The van der Waals surface area contributed by atoms with Crippen LogP contribution < -0.4 is 0 Å². The fourth-order valence-electron chi connectivity index (χ4n) is 0.880. The van der Waals surface area contributed by atoms with Crippen molar-refractivity contribution in [3.05, 3.63) is 42.0 Å². The molecule has 0 N–H and O–H groups in total. The van der Waals surface area contributed by atoms with Gasteiger partial charge in [0.15, 0.2) is 0 Å². The van der Waals surface area contributed by atoms with Crippen molar-refractivity contribution in [1.29, 1.82) is 0 Å². The molecule has 2 heteroatoms. The lowest BCUT2D eigenvalue weighted by Gasteiger charge is -1.99. The van der Waals surface area contributed by atoms with Gasteiger partial charge >= 0.3 is 0 Å². The maximum Gasteiger partial charge on any atom is 0.293 e. The number of ether oxygens (including phenoxy) is 1. The third kappa shape index (κ3) is 2.23. The van der Waals surface area contributed by atoms with Gasteiger partial charge in [0.2, 0.25) is 0 Å². The first-order valence-electron chi connectivity index (χ1n) is 3.63. The highest BCUT2D eigenvalue weighted by molar-refractivity contribution is 5.47. The molecule has 0 aliphatic heterocycles. The van der Waals surface area contributed by atoms with Crippen LogP contribution in [-0.4, -0.2) is 6.47 Å². The monoisotopic (exact) mass is 162 g/mol. The minimum Gasteiger partial charge on any atom is -0.463 e. The number of carbonyl (C=O) groups excluding carboxylic acids is 1. The summed E-state index contributed by atoms with van der Waals surface area (Å²) in [5.74, 6) is 0. The van der Waals surface area contributed by atoms with Crippen LogP contribution in [0.15, 0.2) is 30.8 Å². The Hall–Kier alpha value is -1.57. The molecule has 1 rings (SSSR count). The van der Waals surface area contributed by atoms with Gasteiger partial charge in [-0.3, -0.25) is 4.79 Å². The Labute approximate surface area is 71.5 Å². The number of benzene rings is 1. The van der Waals surface area contributed by atoms with Gasteiger partial charge in [-0.15, -0.1) is 0 Å². The van der Waals surface area contributed by atoms with E-state index in [4.69, 9.17) is 0 Å². The predicted molar refractivity (Wildman–Crippen MR) is 47.4 cm³/mol. The Morgan fingerprint density at radius 3 is 2.50 bits per heavy atom. The van der Waals surface area contributed by atoms with Crippen molar-refractivity contribution >= 4 is 12.5 Å². The second-order valence-corrected chi connectivity index (χ2v) is 2.35. The van der Waals surface area contributed by atoms with Crippen LogP contribution in [0.25, 0.3) is 6.08 Å². The molecular weight excluding hydrogens is 152 g/mol. The molecule has 0 amide bonds. The van der Waals surface area contributed by atoms with E-state index in [1.54, 1.807) is 6.08 Å². The van der Waals surface area contributed by atoms with Gasteiger partial charge in [0.05, 0.1) is 0 Å². The molecule has 0 spiro atoms. The molecular formula is C10H10O2. The molecule has 0 saturated carbocycles. The van der Waals surface area contributed by atoms with Gasteiger partial charge in [-0.05, 0) is 11.1 Å². The summed E-state index contributed by atoms with van der Waals surface area (Å²) in [6.07, 6.45) is 1.77. The lowest BCUT2D eigenvalue weighted by atomic mass is 10.1. The van der Waals surface area contributed by atoms with E-state index in [-0.39, 0.29) is 0 Å². The molecule has 0 aliphatic rings. The standard InChI is InChI=1S/C10H10O2/c1-2-9-3-5-10(6-4-9)7-12-8-11/h2-6,8H,1,7H2. The summed E-state index contributed by atoms with van der Waals surface area (Å²) in [6.45, 7) is 4.42. The van der Waals surface area contributed by atoms with Crippen molar-refractivity contribution < 1.29 is 9.53 Å². The van der Waals surface area contributed by atoms with E-state index in [1.165, 1.54) is 0 Å². The predicted octanol–water partition coefficient (Wildman–Crippen LogP) is 2.00. The van der Waals surface area contributed by atoms with E-state index in [9.17, 15) is 4.79 Å². The lowest BCUT2D eigenvalue weighted by Crippen LogP contribution is -1.89. The SMILES string of the molecule is C=Cc1ccc(COC=O)cc1. The number of rotatable bonds is 4. The van der Waals surface area contributed by atoms with Gasteiger partial charge in [-0.2, -0.15) is 0 Å². The van der Waals surface area contributed by atoms with E-state index < -0.39 is 0 Å². The summed E-state index contributed by atoms with van der Waals surface area (Å²) in [4.78, 5) is 9.86. The first kappa shape index (κ1) is 8.53. The van der Waals surface area contributed by atoms with Crippen LogP contribution >= 0.6 is 0 Å². The fourth-order valence-corrected chi connectivity index (χ4v) is 0.880. The first-order chi connectivity index (χ1) is 5.86. The minimum atomic E-state index is 0.334. The van der Waals surface area contributed by atoms with E-state index in [1.807, 2.05) is 24.3 Å². The van der Waals surface area contributed by atoms with E-state index in [2.05, 4.69) is 11.3 Å². The smallest absolute Gasteiger partial charge is 0.293 e. The molecule has 62 valence electrons. The Balaban J connectivity index is 2.64. The third-order valence-electron chi connectivity index (χ3n) is 1.53.